The molecule has 0 saturated heterocycles. The molecule has 0 aliphatic carbocycles. The third-order valence-electron chi connectivity index (χ3n) is 4.21. The summed E-state index contributed by atoms with van der Waals surface area (Å²) < 4.78 is 26.0. The van der Waals surface area contributed by atoms with Gasteiger partial charge in [-0.25, -0.2) is 8.42 Å². The number of carbonyl (C=O) groups is 1. The molecule has 1 N–H and O–H groups in total. The van der Waals surface area contributed by atoms with Crippen LogP contribution < -0.4 is 9.62 Å². The van der Waals surface area contributed by atoms with Crippen molar-refractivity contribution in [3.8, 4) is 0 Å². The Kier molecular flexibility index (Phi) is 6.08. The number of nitrogens with zero attached hydrogens (tertiary/aromatic N) is 1. The number of aryl methyl sites for hydroxylation is 2. The van der Waals surface area contributed by atoms with Crippen LogP contribution in [0.5, 0.6) is 0 Å². The summed E-state index contributed by atoms with van der Waals surface area (Å²) in [5, 5.41) is 2.90. The van der Waals surface area contributed by atoms with Gasteiger partial charge in [-0.3, -0.25) is 9.10 Å². The Balaban J connectivity index is 2.29. The van der Waals surface area contributed by atoms with Gasteiger partial charge in [0.05, 0.1) is 18.0 Å². The highest BCUT2D eigenvalue weighted by molar-refractivity contribution is 7.92. The lowest BCUT2D eigenvalue weighted by molar-refractivity contribution is -0.122. The summed E-state index contributed by atoms with van der Waals surface area (Å²) in [7, 11) is -3.62. The number of amides is 1. The molecular formula is C20H26N2O3S. The van der Waals surface area contributed by atoms with Crippen LogP contribution in [0.2, 0.25) is 0 Å². The van der Waals surface area contributed by atoms with Crippen molar-refractivity contribution in [3.63, 3.8) is 0 Å². The van der Waals surface area contributed by atoms with Crippen LogP contribution in [-0.2, 0) is 14.8 Å². The zero-order chi connectivity index (χ0) is 19.5. The van der Waals surface area contributed by atoms with E-state index in [-0.39, 0.29) is 11.9 Å². The monoisotopic (exact) mass is 374 g/mol. The predicted molar refractivity (Wildman–Crippen MR) is 106 cm³/mol. The average molecular weight is 375 g/mol. The molecule has 0 spiro atoms. The molecule has 140 valence electrons. The van der Waals surface area contributed by atoms with Gasteiger partial charge in [0.2, 0.25) is 15.9 Å². The molecule has 6 heteroatoms. The highest BCUT2D eigenvalue weighted by Gasteiger charge is 2.30. The quantitative estimate of drug-likeness (QED) is 0.843. The molecule has 0 fully saturated rings. The summed E-state index contributed by atoms with van der Waals surface area (Å²) >= 11 is 0. The number of anilines is 1. The van der Waals surface area contributed by atoms with Gasteiger partial charge in [-0.05, 0) is 56.5 Å². The van der Waals surface area contributed by atoms with Crippen molar-refractivity contribution in [2.75, 3.05) is 10.6 Å². The van der Waals surface area contributed by atoms with E-state index in [1.165, 1.54) is 4.31 Å². The van der Waals surface area contributed by atoms with E-state index in [0.717, 1.165) is 22.9 Å². The zero-order valence-corrected chi connectivity index (χ0v) is 16.7. The highest BCUT2D eigenvalue weighted by Crippen LogP contribution is 2.24. The lowest BCUT2D eigenvalue weighted by atomic mass is 10.1. The Morgan fingerprint density at radius 2 is 1.54 bits per heavy atom. The van der Waals surface area contributed by atoms with Crippen molar-refractivity contribution in [1.82, 2.24) is 5.32 Å². The Morgan fingerprint density at radius 1 is 1.00 bits per heavy atom. The molecule has 0 bridgehead atoms. The van der Waals surface area contributed by atoms with E-state index < -0.39 is 16.1 Å². The second-order valence-electron chi connectivity index (χ2n) is 6.72. The first kappa shape index (κ1) is 20.0. The average Bonchev–Trinajstić information content (AvgIpc) is 2.53. The fourth-order valence-corrected chi connectivity index (χ4v) is 4.20. The molecule has 1 amide bonds. The summed E-state index contributed by atoms with van der Waals surface area (Å²) in [4.78, 5) is 12.7. The standard InChI is InChI=1S/C20H26N2O3S/c1-14-11-15(2)13-19(12-14)22(26(5,24)25)17(4)20(23)21-16(3)18-9-7-6-8-10-18/h6-13,16-17H,1-5H3,(H,21,23)/t16-,17+/m0/s1. The van der Waals surface area contributed by atoms with Gasteiger partial charge in [0, 0.05) is 0 Å². The molecule has 2 atom stereocenters. The number of hydrogen-bond donors (Lipinski definition) is 1. The van der Waals surface area contributed by atoms with Gasteiger partial charge in [0.1, 0.15) is 6.04 Å². The van der Waals surface area contributed by atoms with Gasteiger partial charge in [-0.1, -0.05) is 36.4 Å². The van der Waals surface area contributed by atoms with E-state index in [0.29, 0.717) is 5.69 Å². The normalized spacial score (nSPS) is 13.7. The largest absolute Gasteiger partial charge is 0.348 e. The van der Waals surface area contributed by atoms with Crippen LogP contribution in [-0.4, -0.2) is 26.6 Å². The van der Waals surface area contributed by atoms with Crippen molar-refractivity contribution < 1.29 is 13.2 Å². The van der Waals surface area contributed by atoms with E-state index in [4.69, 9.17) is 0 Å². The second-order valence-corrected chi connectivity index (χ2v) is 8.58. The minimum atomic E-state index is -3.62. The number of nitrogens with one attached hydrogen (secondary N) is 1. The van der Waals surface area contributed by atoms with Gasteiger partial charge in [0.15, 0.2) is 0 Å². The third kappa shape index (κ3) is 4.85. The fraction of sp³-hybridized carbons (Fsp3) is 0.350. The van der Waals surface area contributed by atoms with E-state index in [2.05, 4.69) is 5.32 Å². The first-order valence-electron chi connectivity index (χ1n) is 8.52. The van der Waals surface area contributed by atoms with E-state index >= 15 is 0 Å². The summed E-state index contributed by atoms with van der Waals surface area (Å²) in [6, 6.07) is 14.0. The molecule has 0 saturated carbocycles. The van der Waals surface area contributed by atoms with Crippen LogP contribution in [0.4, 0.5) is 5.69 Å². The van der Waals surface area contributed by atoms with Crippen molar-refractivity contribution in [2.45, 2.75) is 39.8 Å². The number of benzene rings is 2. The first-order valence-corrected chi connectivity index (χ1v) is 10.4. The lowest BCUT2D eigenvalue weighted by Gasteiger charge is -2.29. The molecule has 26 heavy (non-hydrogen) atoms. The zero-order valence-electron chi connectivity index (χ0n) is 15.9. The Morgan fingerprint density at radius 3 is 2.04 bits per heavy atom. The SMILES string of the molecule is Cc1cc(C)cc(N([C@H](C)C(=O)N[C@@H](C)c2ccccc2)S(C)(=O)=O)c1. The van der Waals surface area contributed by atoms with E-state index in [9.17, 15) is 13.2 Å². The molecule has 5 nitrogen and oxygen atoms in total. The van der Waals surface area contributed by atoms with Crippen LogP contribution in [0, 0.1) is 13.8 Å². The highest BCUT2D eigenvalue weighted by atomic mass is 32.2. The number of carbonyl (C=O) groups excluding carboxylic acids is 1. The van der Waals surface area contributed by atoms with Gasteiger partial charge in [-0.2, -0.15) is 0 Å². The minimum Gasteiger partial charge on any atom is -0.348 e. The Bertz CT molecular complexity index is 859. The van der Waals surface area contributed by atoms with E-state index in [1.54, 1.807) is 19.1 Å². The summed E-state index contributed by atoms with van der Waals surface area (Å²) in [6.45, 7) is 7.28. The van der Waals surface area contributed by atoms with Gasteiger partial charge in [-0.15, -0.1) is 0 Å². The number of rotatable bonds is 6. The molecule has 0 aliphatic rings. The smallest absolute Gasteiger partial charge is 0.244 e. The number of sulfonamides is 1. The molecule has 2 aromatic rings. The maximum Gasteiger partial charge on any atom is 0.244 e. The molecule has 0 unspecified atom stereocenters. The van der Waals surface area contributed by atoms with Crippen LogP contribution >= 0.6 is 0 Å². The molecule has 0 aromatic heterocycles. The van der Waals surface area contributed by atoms with Gasteiger partial charge < -0.3 is 5.32 Å². The molecular weight excluding hydrogens is 348 g/mol. The first-order chi connectivity index (χ1) is 12.1. The van der Waals surface area contributed by atoms with Crippen LogP contribution in [0.15, 0.2) is 48.5 Å². The predicted octanol–water partition coefficient (Wildman–Crippen LogP) is 3.34. The lowest BCUT2D eigenvalue weighted by Crippen LogP contribution is -2.48. The van der Waals surface area contributed by atoms with Crippen molar-refractivity contribution in [2.24, 2.45) is 0 Å². The molecule has 2 rings (SSSR count). The maximum atomic E-state index is 12.7. The van der Waals surface area contributed by atoms with Crippen LogP contribution in [0.3, 0.4) is 0 Å². The molecule has 0 aliphatic heterocycles. The Hall–Kier alpha value is -2.34. The van der Waals surface area contributed by atoms with E-state index in [1.807, 2.05) is 57.2 Å². The minimum absolute atomic E-state index is 0.216. The maximum absolute atomic E-state index is 12.7. The molecule has 0 heterocycles. The fourth-order valence-electron chi connectivity index (χ4n) is 3.05. The topological polar surface area (TPSA) is 66.5 Å². The van der Waals surface area contributed by atoms with Gasteiger partial charge in [0.25, 0.3) is 0 Å². The van der Waals surface area contributed by atoms with Gasteiger partial charge >= 0.3 is 0 Å². The van der Waals surface area contributed by atoms with Crippen molar-refractivity contribution in [3.05, 3.63) is 65.2 Å². The molecule has 2 aromatic carbocycles. The van der Waals surface area contributed by atoms with Crippen molar-refractivity contribution in [1.29, 1.82) is 0 Å². The van der Waals surface area contributed by atoms with Crippen LogP contribution in [0.25, 0.3) is 0 Å². The third-order valence-corrected chi connectivity index (χ3v) is 5.45. The second kappa shape index (κ2) is 7.91. The van der Waals surface area contributed by atoms with Crippen LogP contribution in [0.1, 0.15) is 36.6 Å². The summed E-state index contributed by atoms with van der Waals surface area (Å²) in [5.74, 6) is -0.342. The molecule has 0 radical (unpaired) electrons. The number of hydrogen-bond acceptors (Lipinski definition) is 3. The van der Waals surface area contributed by atoms with Crippen molar-refractivity contribution >= 4 is 21.6 Å². The summed E-state index contributed by atoms with van der Waals surface area (Å²) in [6.07, 6.45) is 1.12. The Labute approximate surface area is 156 Å². The summed E-state index contributed by atoms with van der Waals surface area (Å²) in [5.41, 5.74) is 3.35.